The van der Waals surface area contributed by atoms with Crippen molar-refractivity contribution in [2.24, 2.45) is 0 Å². The van der Waals surface area contributed by atoms with Crippen molar-refractivity contribution in [3.05, 3.63) is 24.3 Å². The maximum absolute atomic E-state index is 12.4. The van der Waals surface area contributed by atoms with Crippen molar-refractivity contribution in [2.45, 2.75) is 32.5 Å². The zero-order valence-electron chi connectivity index (χ0n) is 16.6. The summed E-state index contributed by atoms with van der Waals surface area (Å²) in [6, 6.07) is 5.56. The van der Waals surface area contributed by atoms with Crippen LogP contribution in [0, 0.1) is 0 Å². The van der Waals surface area contributed by atoms with Gasteiger partial charge in [0.05, 0.1) is 6.54 Å². The van der Waals surface area contributed by atoms with Crippen molar-refractivity contribution < 1.29 is 27.5 Å². The molecular weight excluding hydrogens is 389 g/mol. The number of nitrogens with zero attached hydrogens (tertiary/aromatic N) is 2. The molecule has 0 aliphatic carbocycles. The zero-order chi connectivity index (χ0) is 21.4. The summed E-state index contributed by atoms with van der Waals surface area (Å²) in [6.45, 7) is 5.04. The van der Waals surface area contributed by atoms with E-state index in [4.69, 9.17) is 0 Å². The van der Waals surface area contributed by atoms with E-state index < -0.39 is 12.8 Å². The maximum Gasteiger partial charge on any atom is 0.422 e. The molecule has 1 saturated heterocycles. The third kappa shape index (κ3) is 8.18. The van der Waals surface area contributed by atoms with Gasteiger partial charge in [0, 0.05) is 37.9 Å². The molecule has 1 aliphatic rings. The van der Waals surface area contributed by atoms with E-state index in [1.807, 2.05) is 18.7 Å². The van der Waals surface area contributed by atoms with E-state index in [0.29, 0.717) is 38.4 Å². The average Bonchev–Trinajstić information content (AvgIpc) is 2.67. The molecule has 2 N–H and O–H groups in total. The minimum Gasteiger partial charge on any atom is -0.484 e. The highest BCUT2D eigenvalue weighted by molar-refractivity contribution is 5.89. The quantitative estimate of drug-likeness (QED) is 0.717. The van der Waals surface area contributed by atoms with Crippen LogP contribution in [0.1, 0.15) is 20.3 Å². The number of amides is 3. The Balaban J connectivity index is 1.74. The molecule has 0 saturated carbocycles. The number of halogens is 3. The lowest BCUT2D eigenvalue weighted by Gasteiger charge is -2.34. The molecule has 1 heterocycles. The molecule has 10 heteroatoms. The molecule has 2 rings (SSSR count). The molecule has 7 nitrogen and oxygen atoms in total. The van der Waals surface area contributed by atoms with Crippen LogP contribution in [0.2, 0.25) is 0 Å². The van der Waals surface area contributed by atoms with Gasteiger partial charge in [-0.15, -0.1) is 0 Å². The van der Waals surface area contributed by atoms with Gasteiger partial charge in [0.25, 0.3) is 0 Å². The highest BCUT2D eigenvalue weighted by Crippen LogP contribution is 2.20. The van der Waals surface area contributed by atoms with Gasteiger partial charge in [-0.25, -0.2) is 4.79 Å². The first kappa shape index (κ1) is 22.8. The van der Waals surface area contributed by atoms with Gasteiger partial charge in [-0.1, -0.05) is 6.92 Å². The van der Waals surface area contributed by atoms with Gasteiger partial charge < -0.3 is 20.3 Å². The molecule has 1 unspecified atom stereocenters. The fourth-order valence-corrected chi connectivity index (χ4v) is 2.74. The van der Waals surface area contributed by atoms with Crippen LogP contribution >= 0.6 is 0 Å². The van der Waals surface area contributed by atoms with Gasteiger partial charge >= 0.3 is 12.2 Å². The van der Waals surface area contributed by atoms with Gasteiger partial charge in [-0.3, -0.25) is 9.69 Å². The lowest BCUT2D eigenvalue weighted by molar-refractivity contribution is -0.153. The summed E-state index contributed by atoms with van der Waals surface area (Å²) < 4.78 is 41.1. The number of piperazine rings is 1. The fourth-order valence-electron chi connectivity index (χ4n) is 2.74. The number of hydrogen-bond donors (Lipinski definition) is 2. The monoisotopic (exact) mass is 416 g/mol. The third-order valence-electron chi connectivity index (χ3n) is 4.55. The van der Waals surface area contributed by atoms with Crippen LogP contribution in [0.5, 0.6) is 5.75 Å². The number of anilines is 1. The summed E-state index contributed by atoms with van der Waals surface area (Å²) in [5.74, 6) is 0.0506. The number of benzene rings is 1. The molecule has 1 fully saturated rings. The topological polar surface area (TPSA) is 73.9 Å². The molecule has 1 atom stereocenters. The molecule has 1 aliphatic heterocycles. The van der Waals surface area contributed by atoms with Crippen molar-refractivity contribution >= 4 is 17.6 Å². The summed E-state index contributed by atoms with van der Waals surface area (Å²) in [5, 5.41) is 5.63. The van der Waals surface area contributed by atoms with Crippen molar-refractivity contribution in [2.75, 3.05) is 44.6 Å². The Bertz CT molecular complexity index is 674. The summed E-state index contributed by atoms with van der Waals surface area (Å²) in [7, 11) is 0. The van der Waals surface area contributed by atoms with Crippen LogP contribution in [0.25, 0.3) is 0 Å². The molecule has 0 bridgehead atoms. The predicted molar refractivity (Wildman–Crippen MR) is 103 cm³/mol. The number of carbonyl (C=O) groups excluding carboxylic acids is 2. The molecule has 0 spiro atoms. The van der Waals surface area contributed by atoms with Crippen molar-refractivity contribution in [1.29, 1.82) is 0 Å². The fraction of sp³-hybridized carbons (Fsp3) is 0.579. The SMILES string of the molecule is CCC(C)NC(=O)CN1CCN(C(=O)Nc2ccc(OCC(F)(F)F)cc2)CC1. The number of hydrogen-bond acceptors (Lipinski definition) is 4. The van der Waals surface area contributed by atoms with E-state index in [-0.39, 0.29) is 23.7 Å². The van der Waals surface area contributed by atoms with Crippen molar-refractivity contribution in [3.8, 4) is 5.75 Å². The highest BCUT2D eigenvalue weighted by Gasteiger charge is 2.28. The second-order valence-electron chi connectivity index (χ2n) is 7.00. The van der Waals surface area contributed by atoms with Crippen molar-refractivity contribution in [1.82, 2.24) is 15.1 Å². The normalized spacial score (nSPS) is 16.2. The molecule has 162 valence electrons. The molecule has 0 radical (unpaired) electrons. The van der Waals surface area contributed by atoms with Gasteiger partial charge in [-0.05, 0) is 37.6 Å². The number of urea groups is 1. The van der Waals surface area contributed by atoms with E-state index in [0.717, 1.165) is 6.42 Å². The summed E-state index contributed by atoms with van der Waals surface area (Å²) in [4.78, 5) is 27.9. The Hall–Kier alpha value is -2.49. The predicted octanol–water partition coefficient (Wildman–Crippen LogP) is 2.69. The Kier molecular flexibility index (Phi) is 8.12. The number of carbonyl (C=O) groups is 2. The van der Waals surface area contributed by atoms with E-state index >= 15 is 0 Å². The molecule has 1 aromatic carbocycles. The zero-order valence-corrected chi connectivity index (χ0v) is 16.6. The Labute approximate surface area is 168 Å². The summed E-state index contributed by atoms with van der Waals surface area (Å²) in [5.41, 5.74) is 0.463. The van der Waals surface area contributed by atoms with Crippen LogP contribution in [0.4, 0.5) is 23.7 Å². The summed E-state index contributed by atoms with van der Waals surface area (Å²) >= 11 is 0. The average molecular weight is 416 g/mol. The standard InChI is InChI=1S/C19H27F3N4O3/c1-3-14(2)23-17(27)12-25-8-10-26(11-9-25)18(28)24-15-4-6-16(7-5-15)29-13-19(20,21)22/h4-7,14H,3,8-13H2,1-2H3,(H,23,27)(H,24,28). The van der Waals surface area contributed by atoms with Gasteiger partial charge in [-0.2, -0.15) is 13.2 Å². The first-order valence-electron chi connectivity index (χ1n) is 9.53. The van der Waals surface area contributed by atoms with E-state index in [1.165, 1.54) is 24.3 Å². The van der Waals surface area contributed by atoms with E-state index in [9.17, 15) is 22.8 Å². The number of alkyl halides is 3. The Morgan fingerprint density at radius 2 is 1.76 bits per heavy atom. The first-order chi connectivity index (χ1) is 13.7. The summed E-state index contributed by atoms with van der Waals surface area (Å²) in [6.07, 6.45) is -3.53. The third-order valence-corrected chi connectivity index (χ3v) is 4.55. The first-order valence-corrected chi connectivity index (χ1v) is 9.53. The van der Waals surface area contributed by atoms with Gasteiger partial charge in [0.15, 0.2) is 6.61 Å². The molecule has 29 heavy (non-hydrogen) atoms. The number of nitrogens with one attached hydrogen (secondary N) is 2. The smallest absolute Gasteiger partial charge is 0.422 e. The van der Waals surface area contributed by atoms with Crippen LogP contribution in [0.3, 0.4) is 0 Å². The van der Waals surface area contributed by atoms with Gasteiger partial charge in [0.1, 0.15) is 5.75 Å². The number of rotatable bonds is 7. The molecular formula is C19H27F3N4O3. The maximum atomic E-state index is 12.4. The van der Waals surface area contributed by atoms with Crippen LogP contribution < -0.4 is 15.4 Å². The molecule has 3 amide bonds. The lowest BCUT2D eigenvalue weighted by atomic mass is 10.2. The van der Waals surface area contributed by atoms with E-state index in [1.54, 1.807) is 4.90 Å². The second-order valence-corrected chi connectivity index (χ2v) is 7.00. The van der Waals surface area contributed by atoms with Crippen LogP contribution in [-0.4, -0.2) is 73.3 Å². The van der Waals surface area contributed by atoms with Crippen LogP contribution in [0.15, 0.2) is 24.3 Å². The van der Waals surface area contributed by atoms with E-state index in [2.05, 4.69) is 15.4 Å². The Morgan fingerprint density at radius 1 is 1.14 bits per heavy atom. The van der Waals surface area contributed by atoms with Gasteiger partial charge in [0.2, 0.25) is 5.91 Å². The lowest BCUT2D eigenvalue weighted by Crippen LogP contribution is -2.52. The second kappa shape index (κ2) is 10.3. The highest BCUT2D eigenvalue weighted by atomic mass is 19.4. The van der Waals surface area contributed by atoms with Crippen LogP contribution in [-0.2, 0) is 4.79 Å². The minimum atomic E-state index is -4.40. The molecule has 0 aromatic heterocycles. The number of ether oxygens (including phenoxy) is 1. The van der Waals surface area contributed by atoms with Crippen molar-refractivity contribution in [3.63, 3.8) is 0 Å². The molecule has 1 aromatic rings. The largest absolute Gasteiger partial charge is 0.484 e. The Morgan fingerprint density at radius 3 is 2.31 bits per heavy atom. The minimum absolute atomic E-state index is 0.0231.